The summed E-state index contributed by atoms with van der Waals surface area (Å²) in [6.45, 7) is 1.20. The molecule has 1 aromatic heterocycles. The zero-order chi connectivity index (χ0) is 13.2. The number of aromatic nitrogens is 2. The van der Waals surface area contributed by atoms with E-state index in [1.54, 1.807) is 0 Å². The van der Waals surface area contributed by atoms with Crippen LogP contribution in [-0.2, 0) is 18.0 Å². The van der Waals surface area contributed by atoms with Crippen molar-refractivity contribution in [3.63, 3.8) is 0 Å². The normalized spacial score (nSPS) is 13.2. The molecule has 0 amide bonds. The molecule has 98 valence electrons. The van der Waals surface area contributed by atoms with Crippen LogP contribution in [-0.4, -0.2) is 9.97 Å². The summed E-state index contributed by atoms with van der Waals surface area (Å²) in [5.74, 6) is 4.87. The van der Waals surface area contributed by atoms with E-state index in [0.29, 0.717) is 13.2 Å². The molecule has 6 nitrogen and oxygen atoms in total. The van der Waals surface area contributed by atoms with Gasteiger partial charge in [-0.3, -0.25) is 5.43 Å². The average Bonchev–Trinajstić information content (AvgIpc) is 2.89. The standard InChI is InChI=1S/C12H12FN5O/c13-10-4-15-12(18-14)17-11(10)16-9-2-1-7-5-19-6-8(7)3-9/h1-4H,5-6,14H2,(H2,15,16,17,18). The minimum Gasteiger partial charge on any atom is -0.372 e. The molecule has 0 fully saturated rings. The van der Waals surface area contributed by atoms with Gasteiger partial charge >= 0.3 is 0 Å². The number of hydrogen-bond donors (Lipinski definition) is 3. The van der Waals surface area contributed by atoms with Gasteiger partial charge in [0.2, 0.25) is 5.95 Å². The monoisotopic (exact) mass is 261 g/mol. The molecule has 0 atom stereocenters. The number of rotatable bonds is 3. The Labute approximate surface area is 108 Å². The molecule has 0 saturated carbocycles. The van der Waals surface area contributed by atoms with Gasteiger partial charge in [-0.2, -0.15) is 4.98 Å². The molecule has 1 aliphatic rings. The molecule has 4 N–H and O–H groups in total. The third kappa shape index (κ3) is 2.33. The number of halogens is 1. The van der Waals surface area contributed by atoms with Gasteiger partial charge in [0.15, 0.2) is 11.6 Å². The molecule has 0 bridgehead atoms. The topological polar surface area (TPSA) is 85.1 Å². The predicted molar refractivity (Wildman–Crippen MR) is 68.0 cm³/mol. The Kier molecular flexibility index (Phi) is 2.98. The number of hydrogen-bond acceptors (Lipinski definition) is 6. The first-order valence-electron chi connectivity index (χ1n) is 5.72. The van der Waals surface area contributed by atoms with Crippen LogP contribution in [0.2, 0.25) is 0 Å². The van der Waals surface area contributed by atoms with Gasteiger partial charge in [-0.1, -0.05) is 6.07 Å². The van der Waals surface area contributed by atoms with Crippen LogP contribution in [0.15, 0.2) is 24.4 Å². The summed E-state index contributed by atoms with van der Waals surface area (Å²) in [7, 11) is 0. The van der Waals surface area contributed by atoms with Crippen LogP contribution in [0.4, 0.5) is 21.8 Å². The summed E-state index contributed by atoms with van der Waals surface area (Å²) in [5.41, 5.74) is 5.26. The highest BCUT2D eigenvalue weighted by atomic mass is 19.1. The fraction of sp³-hybridized carbons (Fsp3) is 0.167. The van der Waals surface area contributed by atoms with Gasteiger partial charge in [-0.25, -0.2) is 15.2 Å². The number of benzene rings is 1. The van der Waals surface area contributed by atoms with Crippen LogP contribution in [0.5, 0.6) is 0 Å². The second-order valence-electron chi connectivity index (χ2n) is 4.14. The summed E-state index contributed by atoms with van der Waals surface area (Å²) >= 11 is 0. The maximum atomic E-state index is 13.6. The number of anilines is 3. The van der Waals surface area contributed by atoms with Crippen LogP contribution in [0.1, 0.15) is 11.1 Å². The second-order valence-corrected chi connectivity index (χ2v) is 4.14. The van der Waals surface area contributed by atoms with Crippen LogP contribution < -0.4 is 16.6 Å². The fourth-order valence-corrected chi connectivity index (χ4v) is 1.91. The minimum absolute atomic E-state index is 0.0711. The zero-order valence-electron chi connectivity index (χ0n) is 9.98. The molecule has 0 spiro atoms. The highest BCUT2D eigenvalue weighted by Gasteiger charge is 2.12. The van der Waals surface area contributed by atoms with Crippen molar-refractivity contribution in [2.24, 2.45) is 5.84 Å². The van der Waals surface area contributed by atoms with Gasteiger partial charge in [0.1, 0.15) is 0 Å². The maximum Gasteiger partial charge on any atom is 0.239 e. The van der Waals surface area contributed by atoms with Crippen LogP contribution in [0.25, 0.3) is 0 Å². The van der Waals surface area contributed by atoms with Crippen molar-refractivity contribution in [2.45, 2.75) is 13.2 Å². The third-order valence-corrected chi connectivity index (χ3v) is 2.86. The van der Waals surface area contributed by atoms with Crippen molar-refractivity contribution in [3.8, 4) is 0 Å². The van der Waals surface area contributed by atoms with E-state index < -0.39 is 5.82 Å². The first-order valence-corrected chi connectivity index (χ1v) is 5.72. The summed E-state index contributed by atoms with van der Waals surface area (Å²) < 4.78 is 18.9. The molecule has 3 rings (SSSR count). The number of hydrazine groups is 1. The Balaban J connectivity index is 1.88. The third-order valence-electron chi connectivity index (χ3n) is 2.86. The van der Waals surface area contributed by atoms with E-state index in [0.717, 1.165) is 23.0 Å². The molecule has 7 heteroatoms. The Morgan fingerprint density at radius 3 is 2.95 bits per heavy atom. The van der Waals surface area contributed by atoms with Crippen molar-refractivity contribution in [1.29, 1.82) is 0 Å². The predicted octanol–water partition coefficient (Wildman–Crippen LogP) is 1.68. The molecule has 0 aliphatic carbocycles. The van der Waals surface area contributed by atoms with Crippen LogP contribution >= 0.6 is 0 Å². The average molecular weight is 261 g/mol. The zero-order valence-corrected chi connectivity index (χ0v) is 9.98. The Morgan fingerprint density at radius 2 is 2.11 bits per heavy atom. The molecule has 1 aliphatic heterocycles. The number of nitrogens with two attached hydrogens (primary N) is 1. The lowest BCUT2D eigenvalue weighted by molar-refractivity contribution is 0.134. The van der Waals surface area contributed by atoms with Crippen molar-refractivity contribution in [2.75, 3.05) is 10.7 Å². The van der Waals surface area contributed by atoms with E-state index in [1.165, 1.54) is 0 Å². The first-order chi connectivity index (χ1) is 9.26. The number of nitrogens with one attached hydrogen (secondary N) is 2. The summed E-state index contributed by atoms with van der Waals surface area (Å²) in [5, 5.41) is 2.90. The van der Waals surface area contributed by atoms with Crippen molar-refractivity contribution < 1.29 is 9.13 Å². The summed E-state index contributed by atoms with van der Waals surface area (Å²) in [4.78, 5) is 7.59. The number of ether oxygens (including phenoxy) is 1. The van der Waals surface area contributed by atoms with E-state index in [1.807, 2.05) is 18.2 Å². The number of nitrogen functional groups attached to an aromatic ring is 1. The molecular formula is C12H12FN5O. The maximum absolute atomic E-state index is 13.6. The van der Waals surface area contributed by atoms with Gasteiger partial charge in [0.05, 0.1) is 19.4 Å². The molecule has 1 aromatic carbocycles. The van der Waals surface area contributed by atoms with E-state index in [2.05, 4.69) is 20.7 Å². The lowest BCUT2D eigenvalue weighted by atomic mass is 10.1. The van der Waals surface area contributed by atoms with Gasteiger partial charge in [-0.15, -0.1) is 0 Å². The molecule has 2 heterocycles. The lowest BCUT2D eigenvalue weighted by Crippen LogP contribution is -2.12. The van der Waals surface area contributed by atoms with Crippen LogP contribution in [0, 0.1) is 5.82 Å². The van der Waals surface area contributed by atoms with Gasteiger partial charge in [0.25, 0.3) is 0 Å². The first kappa shape index (κ1) is 11.8. The van der Waals surface area contributed by atoms with Gasteiger partial charge in [-0.05, 0) is 23.3 Å². The Bertz CT molecular complexity index is 619. The lowest BCUT2D eigenvalue weighted by Gasteiger charge is -2.09. The molecule has 2 aromatic rings. The van der Waals surface area contributed by atoms with Crippen molar-refractivity contribution in [3.05, 3.63) is 41.3 Å². The quantitative estimate of drug-likeness (QED) is 0.575. The molecule has 0 saturated heterocycles. The molecule has 0 unspecified atom stereocenters. The van der Waals surface area contributed by atoms with Crippen LogP contribution in [0.3, 0.4) is 0 Å². The van der Waals surface area contributed by atoms with Crippen molar-refractivity contribution in [1.82, 2.24) is 9.97 Å². The van der Waals surface area contributed by atoms with E-state index in [4.69, 9.17) is 10.6 Å². The van der Waals surface area contributed by atoms with E-state index >= 15 is 0 Å². The summed E-state index contributed by atoms with van der Waals surface area (Å²) in [6.07, 6.45) is 1.06. The Hall–Kier alpha value is -2.25. The Morgan fingerprint density at radius 1 is 1.26 bits per heavy atom. The van der Waals surface area contributed by atoms with Crippen molar-refractivity contribution >= 4 is 17.5 Å². The largest absolute Gasteiger partial charge is 0.372 e. The highest BCUT2D eigenvalue weighted by molar-refractivity contribution is 5.59. The molecule has 19 heavy (non-hydrogen) atoms. The summed E-state index contributed by atoms with van der Waals surface area (Å²) in [6, 6.07) is 5.72. The van der Waals surface area contributed by atoms with Gasteiger partial charge in [0, 0.05) is 5.69 Å². The van der Waals surface area contributed by atoms with E-state index in [9.17, 15) is 4.39 Å². The minimum atomic E-state index is -0.546. The fourth-order valence-electron chi connectivity index (χ4n) is 1.91. The number of fused-ring (bicyclic) bond motifs is 1. The van der Waals surface area contributed by atoms with Gasteiger partial charge < -0.3 is 10.1 Å². The number of nitrogens with zero attached hydrogens (tertiary/aromatic N) is 2. The smallest absolute Gasteiger partial charge is 0.239 e. The second kappa shape index (κ2) is 4.79. The molecular weight excluding hydrogens is 249 g/mol. The molecule has 0 radical (unpaired) electrons. The SMILES string of the molecule is NNc1ncc(F)c(Nc2ccc3c(c2)COC3)n1. The highest BCUT2D eigenvalue weighted by Crippen LogP contribution is 2.25. The van der Waals surface area contributed by atoms with E-state index in [-0.39, 0.29) is 11.8 Å².